The summed E-state index contributed by atoms with van der Waals surface area (Å²) in [5, 5.41) is 0. The summed E-state index contributed by atoms with van der Waals surface area (Å²) in [6.45, 7) is 3.92. The van der Waals surface area contributed by atoms with Crippen molar-refractivity contribution in [2.75, 3.05) is 14.1 Å². The van der Waals surface area contributed by atoms with E-state index in [4.69, 9.17) is 9.31 Å². The van der Waals surface area contributed by atoms with Crippen molar-refractivity contribution in [3.05, 3.63) is 73.1 Å². The second-order valence-corrected chi connectivity index (χ2v) is 12.2. The van der Waals surface area contributed by atoms with Crippen molar-refractivity contribution >= 4 is 46.7 Å². The zero-order valence-electron chi connectivity index (χ0n) is 23.0. The van der Waals surface area contributed by atoms with E-state index in [1.165, 1.54) is 35.6 Å². The topological polar surface area (TPSA) is 118 Å². The van der Waals surface area contributed by atoms with Gasteiger partial charge >= 0.3 is 15.0 Å². The minimum atomic E-state index is -3.67. The van der Waals surface area contributed by atoms with Gasteiger partial charge in [-0.3, -0.25) is 4.31 Å². The summed E-state index contributed by atoms with van der Waals surface area (Å²) in [5.41, 5.74) is 0. The van der Waals surface area contributed by atoms with Crippen LogP contribution in [-0.4, -0.2) is 66.8 Å². The molecule has 2 radical (unpaired) electrons. The lowest BCUT2D eigenvalue weighted by Crippen LogP contribution is -2.32. The van der Waals surface area contributed by atoms with Crippen LogP contribution >= 0.6 is 0 Å². The number of sulfonamides is 2. The molecule has 2 aromatic carbocycles. The molecule has 0 atom stereocenters. The molecule has 210 valence electrons. The number of rotatable bonds is 10. The highest BCUT2D eigenvalue weighted by Gasteiger charge is 2.24. The summed E-state index contributed by atoms with van der Waals surface area (Å²) < 4.78 is 64.8. The van der Waals surface area contributed by atoms with Crippen molar-refractivity contribution in [1.82, 2.24) is 9.21 Å². The molecule has 14 heteroatoms. The minimum absolute atomic E-state index is 0.161. The highest BCUT2D eigenvalue weighted by Crippen LogP contribution is 2.21. The molecule has 2 aromatic rings. The molecule has 0 saturated carbocycles. The first-order valence-corrected chi connectivity index (χ1v) is 15.6. The summed E-state index contributed by atoms with van der Waals surface area (Å²) in [7, 11) is -0.636. The maximum atomic E-state index is 12.4. The number of aliphatic imine (C=N–C) groups is 1. The largest absolute Gasteiger partial charge is 0.563 e. The van der Waals surface area contributed by atoms with E-state index < -0.39 is 20.0 Å². The molecule has 2 heterocycles. The highest BCUT2D eigenvalue weighted by atomic mass is 32.2. The monoisotopic (exact) mass is 582 g/mol. The molecular formula is C26H32B2N4O6S2. The molecule has 0 N–H and O–H groups in total. The normalized spacial score (nSPS) is 15.3. The van der Waals surface area contributed by atoms with Crippen molar-refractivity contribution in [3.63, 3.8) is 0 Å². The van der Waals surface area contributed by atoms with E-state index in [0.29, 0.717) is 36.0 Å². The van der Waals surface area contributed by atoms with Crippen LogP contribution in [0, 0.1) is 0 Å². The molecule has 0 unspecified atom stereocenters. The van der Waals surface area contributed by atoms with Crippen molar-refractivity contribution in [2.24, 2.45) is 9.39 Å². The van der Waals surface area contributed by atoms with Gasteiger partial charge in [0.25, 0.3) is 20.0 Å². The number of nitrogens with zero attached hydrogens (tertiary/aromatic N) is 4. The maximum Gasteiger partial charge on any atom is 0.369 e. The van der Waals surface area contributed by atoms with Gasteiger partial charge in [-0.05, 0) is 61.2 Å². The van der Waals surface area contributed by atoms with Crippen molar-refractivity contribution in [2.45, 2.75) is 49.1 Å². The number of hydrogen-bond donors (Lipinski definition) is 0. The molecule has 4 rings (SSSR count). The number of hydrogen-bond acceptors (Lipinski definition) is 7. The SMILES string of the molecule is CC[B]Oc1ccc(S(=O)(=O)N(C)C2=NC=CC2)cc1.CC[B]Oc1ccc(S(=O)(=O)N=C2CC=CN2C)cc1. The van der Waals surface area contributed by atoms with E-state index in [9.17, 15) is 16.8 Å². The fourth-order valence-electron chi connectivity index (χ4n) is 3.44. The van der Waals surface area contributed by atoms with Crippen LogP contribution < -0.4 is 9.31 Å². The average molecular weight is 582 g/mol. The van der Waals surface area contributed by atoms with E-state index in [-0.39, 0.29) is 9.79 Å². The van der Waals surface area contributed by atoms with Crippen LogP contribution in [0.2, 0.25) is 12.6 Å². The quantitative estimate of drug-likeness (QED) is 0.387. The number of amidine groups is 2. The van der Waals surface area contributed by atoms with Gasteiger partial charge < -0.3 is 14.2 Å². The van der Waals surface area contributed by atoms with Crippen LogP contribution in [-0.2, 0) is 20.0 Å². The molecule has 0 aliphatic carbocycles. The second kappa shape index (κ2) is 14.2. The van der Waals surface area contributed by atoms with Crippen LogP contribution in [0.3, 0.4) is 0 Å². The van der Waals surface area contributed by atoms with Gasteiger partial charge in [0.05, 0.1) is 21.3 Å². The zero-order chi connectivity index (χ0) is 29.2. The van der Waals surface area contributed by atoms with Crippen LogP contribution in [0.25, 0.3) is 0 Å². The molecule has 2 aliphatic rings. The molecule has 10 nitrogen and oxygen atoms in total. The fraction of sp³-hybridized carbons (Fsp3) is 0.308. The molecule has 40 heavy (non-hydrogen) atoms. The highest BCUT2D eigenvalue weighted by molar-refractivity contribution is 7.90. The van der Waals surface area contributed by atoms with E-state index in [0.717, 1.165) is 12.6 Å². The van der Waals surface area contributed by atoms with Crippen LogP contribution in [0.5, 0.6) is 11.5 Å². The Morgan fingerprint density at radius 1 is 0.875 bits per heavy atom. The lowest BCUT2D eigenvalue weighted by molar-refractivity contribution is 0.550. The Morgan fingerprint density at radius 2 is 1.43 bits per heavy atom. The summed E-state index contributed by atoms with van der Waals surface area (Å²) >= 11 is 0. The Labute approximate surface area is 238 Å². The Bertz CT molecular complexity index is 1470. The Kier molecular flexibility index (Phi) is 11.0. The number of benzene rings is 2. The smallest absolute Gasteiger partial charge is 0.369 e. The van der Waals surface area contributed by atoms with E-state index in [1.807, 2.05) is 26.0 Å². The van der Waals surface area contributed by atoms with Gasteiger partial charge in [0.2, 0.25) is 0 Å². The lowest BCUT2D eigenvalue weighted by Gasteiger charge is -2.19. The maximum absolute atomic E-state index is 12.4. The summed E-state index contributed by atoms with van der Waals surface area (Å²) in [6, 6.07) is 12.6. The molecule has 0 amide bonds. The standard InChI is InChI=1S/2C13H16BN2O3S/c1-3-14-19-11-6-8-12(9-7-11)20(17,18)15-13-5-4-10-16(13)2;1-3-14-19-11-6-8-12(9-7-11)20(17,18)16(2)13-5-4-10-15-13/h2*4,6-10H,3,5H2,1-2H3. The zero-order valence-corrected chi connectivity index (χ0v) is 24.6. The third kappa shape index (κ3) is 8.25. The van der Waals surface area contributed by atoms with Crippen molar-refractivity contribution in [1.29, 1.82) is 0 Å². The Balaban J connectivity index is 0.000000220. The van der Waals surface area contributed by atoms with E-state index in [2.05, 4.69) is 9.39 Å². The van der Waals surface area contributed by atoms with Gasteiger partial charge in [-0.15, -0.1) is 4.40 Å². The first-order valence-electron chi connectivity index (χ1n) is 12.7. The second-order valence-electron chi connectivity index (χ2n) is 8.62. The van der Waals surface area contributed by atoms with Gasteiger partial charge in [-0.25, -0.2) is 13.4 Å². The van der Waals surface area contributed by atoms with Crippen molar-refractivity contribution < 1.29 is 26.1 Å². The molecule has 2 aliphatic heterocycles. The van der Waals surface area contributed by atoms with E-state index in [1.54, 1.807) is 63.6 Å². The van der Waals surface area contributed by atoms with Gasteiger partial charge in [0.15, 0.2) is 0 Å². The summed E-state index contributed by atoms with van der Waals surface area (Å²) in [5.74, 6) is 2.26. The minimum Gasteiger partial charge on any atom is -0.563 e. The molecule has 0 aromatic heterocycles. The van der Waals surface area contributed by atoms with Crippen LogP contribution in [0.15, 0.2) is 92.3 Å². The fourth-order valence-corrected chi connectivity index (χ4v) is 5.70. The Hall–Kier alpha value is -3.51. The van der Waals surface area contributed by atoms with E-state index >= 15 is 0 Å². The molecule has 0 bridgehead atoms. The van der Waals surface area contributed by atoms with Gasteiger partial charge in [-0.1, -0.05) is 26.0 Å². The third-order valence-electron chi connectivity index (χ3n) is 5.63. The van der Waals surface area contributed by atoms with Crippen LogP contribution in [0.4, 0.5) is 0 Å². The predicted molar refractivity (Wildman–Crippen MR) is 159 cm³/mol. The summed E-state index contributed by atoms with van der Waals surface area (Å²) in [6.07, 6.45) is 9.73. The third-order valence-corrected chi connectivity index (χ3v) is 8.75. The average Bonchev–Trinajstić information content (AvgIpc) is 3.63. The van der Waals surface area contributed by atoms with Gasteiger partial charge in [0.1, 0.15) is 11.7 Å². The van der Waals surface area contributed by atoms with Gasteiger partial charge in [0, 0.05) is 39.3 Å². The first kappa shape index (κ1) is 31.0. The Morgan fingerprint density at radius 3 is 1.88 bits per heavy atom. The first-order chi connectivity index (χ1) is 19.1. The predicted octanol–water partition coefficient (Wildman–Crippen LogP) is 4.12. The van der Waals surface area contributed by atoms with Crippen LogP contribution in [0.1, 0.15) is 26.7 Å². The summed E-state index contributed by atoms with van der Waals surface area (Å²) in [4.78, 5) is 6.12. The van der Waals surface area contributed by atoms with Gasteiger partial charge in [-0.2, -0.15) is 8.42 Å². The molecule has 0 saturated heterocycles. The molecular weight excluding hydrogens is 550 g/mol. The van der Waals surface area contributed by atoms with Crippen molar-refractivity contribution in [3.8, 4) is 11.5 Å². The molecule has 0 fully saturated rings. The lowest BCUT2D eigenvalue weighted by atomic mass is 9.97. The molecule has 0 spiro atoms.